The first kappa shape index (κ1) is 15.9. The average molecular weight is 349 g/mol. The standard InChI is InChI=1S/C15H12FN3O4S/c1-8-6-9(16)2-5-13(8)24(22,23)19-10-3-4-11-12(7-10)15(21)18-17-14(11)20/h2-7,19H,1H3,(H,17,20)(H,18,21). The highest BCUT2D eigenvalue weighted by Gasteiger charge is 2.18. The number of aryl methyl sites for hydroxylation is 1. The number of halogens is 1. The van der Waals surface area contributed by atoms with Gasteiger partial charge in [-0.25, -0.2) is 12.8 Å². The minimum atomic E-state index is -3.97. The van der Waals surface area contributed by atoms with E-state index in [-0.39, 0.29) is 26.9 Å². The molecule has 1 heterocycles. The van der Waals surface area contributed by atoms with Crippen molar-refractivity contribution in [2.24, 2.45) is 0 Å². The molecular weight excluding hydrogens is 337 g/mol. The fourth-order valence-electron chi connectivity index (χ4n) is 2.37. The van der Waals surface area contributed by atoms with Gasteiger partial charge in [-0.1, -0.05) is 0 Å². The van der Waals surface area contributed by atoms with Gasteiger partial charge in [-0.05, 0) is 48.9 Å². The monoisotopic (exact) mass is 349 g/mol. The van der Waals surface area contributed by atoms with E-state index in [0.29, 0.717) is 0 Å². The van der Waals surface area contributed by atoms with Crippen molar-refractivity contribution < 1.29 is 12.8 Å². The number of fused-ring (bicyclic) bond motifs is 1. The summed E-state index contributed by atoms with van der Waals surface area (Å²) in [6.07, 6.45) is 0. The molecular formula is C15H12FN3O4S. The Kier molecular flexibility index (Phi) is 3.72. The molecule has 0 fully saturated rings. The van der Waals surface area contributed by atoms with E-state index in [1.807, 2.05) is 0 Å². The third-order valence-electron chi connectivity index (χ3n) is 3.48. The molecule has 3 aromatic rings. The lowest BCUT2D eigenvalue weighted by molar-refractivity contribution is 0.598. The van der Waals surface area contributed by atoms with Crippen LogP contribution in [0.4, 0.5) is 10.1 Å². The van der Waals surface area contributed by atoms with Gasteiger partial charge in [0.15, 0.2) is 0 Å². The Labute approximate surface area is 135 Å². The third-order valence-corrected chi connectivity index (χ3v) is 5.02. The van der Waals surface area contributed by atoms with Crippen LogP contribution in [0.1, 0.15) is 5.56 Å². The zero-order valence-electron chi connectivity index (χ0n) is 12.4. The van der Waals surface area contributed by atoms with Crippen LogP contribution in [0.5, 0.6) is 0 Å². The minimum Gasteiger partial charge on any atom is -0.280 e. The number of anilines is 1. The highest BCUT2D eigenvalue weighted by molar-refractivity contribution is 7.92. The molecule has 124 valence electrons. The Hall–Kier alpha value is -2.94. The van der Waals surface area contributed by atoms with Crippen molar-refractivity contribution in [3.63, 3.8) is 0 Å². The van der Waals surface area contributed by atoms with E-state index in [9.17, 15) is 22.4 Å². The zero-order valence-corrected chi connectivity index (χ0v) is 13.2. The number of hydrogen-bond donors (Lipinski definition) is 3. The van der Waals surface area contributed by atoms with Crippen LogP contribution in [0.3, 0.4) is 0 Å². The average Bonchev–Trinajstić information content (AvgIpc) is 2.50. The summed E-state index contributed by atoms with van der Waals surface area (Å²) >= 11 is 0. The van der Waals surface area contributed by atoms with E-state index in [1.54, 1.807) is 0 Å². The van der Waals surface area contributed by atoms with Gasteiger partial charge in [0, 0.05) is 5.69 Å². The van der Waals surface area contributed by atoms with Crippen molar-refractivity contribution >= 4 is 26.5 Å². The van der Waals surface area contributed by atoms with Gasteiger partial charge in [0.2, 0.25) is 0 Å². The summed E-state index contributed by atoms with van der Waals surface area (Å²) < 4.78 is 40.3. The van der Waals surface area contributed by atoms with Crippen LogP contribution in [-0.2, 0) is 10.0 Å². The molecule has 0 amide bonds. The van der Waals surface area contributed by atoms with Crippen LogP contribution < -0.4 is 15.8 Å². The smallest absolute Gasteiger partial charge is 0.270 e. The summed E-state index contributed by atoms with van der Waals surface area (Å²) in [4.78, 5) is 23.3. The van der Waals surface area contributed by atoms with E-state index >= 15 is 0 Å². The molecule has 0 aliphatic heterocycles. The molecule has 3 rings (SSSR count). The predicted molar refractivity (Wildman–Crippen MR) is 87.1 cm³/mol. The van der Waals surface area contributed by atoms with Crippen molar-refractivity contribution in [2.45, 2.75) is 11.8 Å². The van der Waals surface area contributed by atoms with Crippen LogP contribution in [0.2, 0.25) is 0 Å². The Morgan fingerprint density at radius 2 is 1.62 bits per heavy atom. The van der Waals surface area contributed by atoms with Crippen LogP contribution >= 0.6 is 0 Å². The summed E-state index contributed by atoms with van der Waals surface area (Å²) in [5, 5.41) is 4.54. The van der Waals surface area contributed by atoms with Gasteiger partial charge < -0.3 is 0 Å². The van der Waals surface area contributed by atoms with Gasteiger partial charge in [0.1, 0.15) is 5.82 Å². The molecule has 0 saturated carbocycles. The van der Waals surface area contributed by atoms with E-state index in [0.717, 1.165) is 18.2 Å². The molecule has 9 heteroatoms. The normalized spacial score (nSPS) is 11.6. The maximum Gasteiger partial charge on any atom is 0.270 e. The number of hydrogen-bond acceptors (Lipinski definition) is 4. The van der Waals surface area contributed by atoms with Gasteiger partial charge in [-0.3, -0.25) is 24.5 Å². The van der Waals surface area contributed by atoms with E-state index in [2.05, 4.69) is 14.9 Å². The SMILES string of the molecule is Cc1cc(F)ccc1S(=O)(=O)Nc1ccc2c(=O)[nH][nH]c(=O)c2c1. The van der Waals surface area contributed by atoms with Gasteiger partial charge >= 0.3 is 0 Å². The number of H-pyrrole nitrogens is 2. The molecule has 0 aliphatic carbocycles. The molecule has 0 spiro atoms. The molecule has 7 nitrogen and oxygen atoms in total. The van der Waals surface area contributed by atoms with Crippen molar-refractivity contribution in [2.75, 3.05) is 4.72 Å². The van der Waals surface area contributed by atoms with Gasteiger partial charge in [0.05, 0.1) is 15.7 Å². The molecule has 24 heavy (non-hydrogen) atoms. The Morgan fingerprint density at radius 3 is 2.29 bits per heavy atom. The molecule has 0 bridgehead atoms. The first-order valence-corrected chi connectivity index (χ1v) is 8.30. The summed E-state index contributed by atoms with van der Waals surface area (Å²) in [5.41, 5.74) is -0.683. The summed E-state index contributed by atoms with van der Waals surface area (Å²) in [6, 6.07) is 7.29. The molecule has 0 radical (unpaired) electrons. The predicted octanol–water partition coefficient (Wildman–Crippen LogP) is 1.46. The van der Waals surface area contributed by atoms with Gasteiger partial charge in [-0.2, -0.15) is 0 Å². The van der Waals surface area contributed by atoms with Crippen molar-refractivity contribution in [1.82, 2.24) is 10.2 Å². The topological polar surface area (TPSA) is 112 Å². The number of aromatic nitrogens is 2. The second-order valence-corrected chi connectivity index (χ2v) is 6.83. The van der Waals surface area contributed by atoms with Crippen LogP contribution in [0, 0.1) is 12.7 Å². The van der Waals surface area contributed by atoms with Crippen molar-refractivity contribution in [1.29, 1.82) is 0 Å². The number of nitrogens with one attached hydrogen (secondary N) is 3. The van der Waals surface area contributed by atoms with Crippen LogP contribution in [0.25, 0.3) is 10.8 Å². The minimum absolute atomic E-state index is 0.0507. The number of aromatic amines is 2. The fraction of sp³-hybridized carbons (Fsp3) is 0.0667. The maximum absolute atomic E-state index is 13.1. The van der Waals surface area contributed by atoms with E-state index in [1.165, 1.54) is 25.1 Å². The Balaban J connectivity index is 2.07. The summed E-state index contributed by atoms with van der Waals surface area (Å²) in [5.74, 6) is -0.539. The molecule has 0 saturated heterocycles. The largest absolute Gasteiger partial charge is 0.280 e. The molecule has 0 unspecified atom stereocenters. The van der Waals surface area contributed by atoms with Crippen LogP contribution in [-0.4, -0.2) is 18.6 Å². The lowest BCUT2D eigenvalue weighted by Gasteiger charge is -2.10. The quantitative estimate of drug-likeness (QED) is 0.664. The lowest BCUT2D eigenvalue weighted by atomic mass is 10.2. The number of benzene rings is 2. The fourth-order valence-corrected chi connectivity index (χ4v) is 3.64. The van der Waals surface area contributed by atoms with Crippen molar-refractivity contribution in [3.05, 3.63) is 68.5 Å². The van der Waals surface area contributed by atoms with Gasteiger partial charge in [-0.15, -0.1) is 0 Å². The van der Waals surface area contributed by atoms with Crippen molar-refractivity contribution in [3.8, 4) is 0 Å². The van der Waals surface area contributed by atoms with E-state index < -0.39 is 27.0 Å². The number of sulfonamides is 1. The van der Waals surface area contributed by atoms with E-state index in [4.69, 9.17) is 0 Å². The second kappa shape index (κ2) is 5.60. The molecule has 3 N–H and O–H groups in total. The maximum atomic E-state index is 13.1. The number of rotatable bonds is 3. The second-order valence-electron chi connectivity index (χ2n) is 5.18. The molecule has 2 aromatic carbocycles. The summed E-state index contributed by atoms with van der Waals surface area (Å²) in [6.45, 7) is 1.47. The molecule has 0 aliphatic rings. The van der Waals surface area contributed by atoms with Crippen LogP contribution in [0.15, 0.2) is 50.9 Å². The van der Waals surface area contributed by atoms with Gasteiger partial charge in [0.25, 0.3) is 21.1 Å². The highest BCUT2D eigenvalue weighted by Crippen LogP contribution is 2.21. The Morgan fingerprint density at radius 1 is 0.958 bits per heavy atom. The highest BCUT2D eigenvalue weighted by atomic mass is 32.2. The Bertz CT molecular complexity index is 1170. The summed E-state index contributed by atoms with van der Waals surface area (Å²) in [7, 11) is -3.97. The first-order chi connectivity index (χ1) is 11.3. The molecule has 0 atom stereocenters. The molecule has 1 aromatic heterocycles. The lowest BCUT2D eigenvalue weighted by Crippen LogP contribution is -2.19. The first-order valence-electron chi connectivity index (χ1n) is 6.81. The zero-order chi connectivity index (χ0) is 17.5. The third kappa shape index (κ3) is 2.81.